The molecule has 5 aromatic rings. The minimum Gasteiger partial charge on any atom is -0.284 e. The largest absolute Gasteiger partial charge is 0.284 e. The molecule has 4 heterocycles. The van der Waals surface area contributed by atoms with Gasteiger partial charge in [0.1, 0.15) is 6.33 Å². The van der Waals surface area contributed by atoms with Crippen LogP contribution in [0.4, 0.5) is 5.95 Å². The fourth-order valence-corrected chi connectivity index (χ4v) is 4.08. The summed E-state index contributed by atoms with van der Waals surface area (Å²) in [4.78, 5) is 29.1. The van der Waals surface area contributed by atoms with Crippen LogP contribution in [0.1, 0.15) is 5.69 Å². The number of aryl methyl sites for hydroxylation is 1. The van der Waals surface area contributed by atoms with Gasteiger partial charge < -0.3 is 0 Å². The number of nitrogens with one attached hydrogen (secondary N) is 1. The Kier molecular flexibility index (Phi) is 4.22. The first kappa shape index (κ1) is 18.8. The van der Waals surface area contributed by atoms with Crippen LogP contribution < -0.4 is 10.3 Å². The minimum absolute atomic E-state index is 0.0123. The first-order valence-corrected chi connectivity index (χ1v) is 10.5. The van der Waals surface area contributed by atoms with Crippen LogP contribution in [0.3, 0.4) is 0 Å². The second-order valence-corrected chi connectivity index (χ2v) is 8.32. The molecular formula is C19H14N8O3S. The number of hydrogen-bond donors (Lipinski definition) is 1. The van der Waals surface area contributed by atoms with E-state index >= 15 is 0 Å². The van der Waals surface area contributed by atoms with Crippen LogP contribution in [0.25, 0.3) is 22.4 Å². The Morgan fingerprint density at radius 2 is 1.81 bits per heavy atom. The van der Waals surface area contributed by atoms with Gasteiger partial charge in [-0.05, 0) is 43.3 Å². The topological polar surface area (TPSA) is 137 Å². The van der Waals surface area contributed by atoms with Crippen molar-refractivity contribution < 1.29 is 8.42 Å². The summed E-state index contributed by atoms with van der Waals surface area (Å²) in [6.45, 7) is 1.74. The molecule has 0 aliphatic rings. The number of benzene rings is 1. The van der Waals surface area contributed by atoms with E-state index < -0.39 is 10.0 Å². The zero-order chi connectivity index (χ0) is 21.6. The molecule has 0 unspecified atom stereocenters. The maximum atomic E-state index is 13.0. The Hall–Kier alpha value is -4.19. The molecule has 0 saturated heterocycles. The third-order valence-corrected chi connectivity index (χ3v) is 5.96. The highest BCUT2D eigenvalue weighted by Crippen LogP contribution is 2.17. The highest BCUT2D eigenvalue weighted by Gasteiger charge is 2.16. The van der Waals surface area contributed by atoms with Gasteiger partial charge in [-0.2, -0.15) is 14.6 Å². The Labute approximate surface area is 175 Å². The van der Waals surface area contributed by atoms with E-state index in [0.29, 0.717) is 28.1 Å². The number of pyridine rings is 1. The van der Waals surface area contributed by atoms with Gasteiger partial charge in [-0.25, -0.2) is 28.1 Å². The minimum atomic E-state index is -3.88. The smallest absolute Gasteiger partial charge is 0.266 e. The van der Waals surface area contributed by atoms with Gasteiger partial charge >= 0.3 is 0 Å². The molecular weight excluding hydrogens is 420 g/mol. The van der Waals surface area contributed by atoms with Crippen molar-refractivity contribution in [1.29, 1.82) is 0 Å². The number of nitrogens with zero attached hydrogens (tertiary/aromatic N) is 7. The molecule has 1 aromatic carbocycles. The van der Waals surface area contributed by atoms with Crippen LogP contribution in [-0.2, 0) is 10.0 Å². The standard InChI is InChI=1S/C19H14N8O3S/c1-12-6-8-20-18(24-12)25-31(29,30)14-4-2-13(3-5-14)26-9-7-16-15(17(26)28)10-21-19-22-11-23-27(16)19/h2-11H,1H3,(H,20,24,25). The molecule has 31 heavy (non-hydrogen) atoms. The highest BCUT2D eigenvalue weighted by atomic mass is 32.2. The van der Waals surface area contributed by atoms with E-state index in [0.717, 1.165) is 0 Å². The lowest BCUT2D eigenvalue weighted by atomic mass is 10.2. The summed E-state index contributed by atoms with van der Waals surface area (Å²) >= 11 is 0. The number of anilines is 1. The molecule has 4 aromatic heterocycles. The van der Waals surface area contributed by atoms with Crippen molar-refractivity contribution in [1.82, 2.24) is 34.1 Å². The fourth-order valence-electron chi connectivity index (χ4n) is 3.13. The summed E-state index contributed by atoms with van der Waals surface area (Å²) in [5.74, 6) is 0.381. The normalized spacial score (nSPS) is 11.8. The number of rotatable bonds is 4. The first-order chi connectivity index (χ1) is 14.9. The maximum Gasteiger partial charge on any atom is 0.266 e. The monoisotopic (exact) mass is 434 g/mol. The van der Waals surface area contributed by atoms with Crippen molar-refractivity contribution in [2.45, 2.75) is 11.8 Å². The number of hydrogen-bond acceptors (Lipinski definition) is 8. The van der Waals surface area contributed by atoms with E-state index in [9.17, 15) is 13.2 Å². The van der Waals surface area contributed by atoms with Gasteiger partial charge in [-0.1, -0.05) is 0 Å². The van der Waals surface area contributed by atoms with Crippen LogP contribution in [-0.4, -0.2) is 42.5 Å². The summed E-state index contributed by atoms with van der Waals surface area (Å²) in [7, 11) is -3.88. The average Bonchev–Trinajstić information content (AvgIpc) is 3.23. The molecule has 0 radical (unpaired) electrons. The summed E-state index contributed by atoms with van der Waals surface area (Å²) in [5.41, 5.74) is 1.39. The summed E-state index contributed by atoms with van der Waals surface area (Å²) < 4.78 is 30.5. The zero-order valence-corrected chi connectivity index (χ0v) is 16.9. The van der Waals surface area contributed by atoms with Crippen molar-refractivity contribution in [2.75, 3.05) is 4.72 Å². The van der Waals surface area contributed by atoms with Crippen molar-refractivity contribution in [3.63, 3.8) is 0 Å². The predicted octanol–water partition coefficient (Wildman–Crippen LogP) is 1.33. The molecule has 0 aliphatic carbocycles. The summed E-state index contributed by atoms with van der Waals surface area (Å²) in [6, 6.07) is 9.28. The lowest BCUT2D eigenvalue weighted by Crippen LogP contribution is -2.19. The molecule has 0 spiro atoms. The Morgan fingerprint density at radius 3 is 2.58 bits per heavy atom. The van der Waals surface area contributed by atoms with Crippen LogP contribution in [0.15, 0.2) is 71.0 Å². The molecule has 11 nitrogen and oxygen atoms in total. The second-order valence-electron chi connectivity index (χ2n) is 6.64. The van der Waals surface area contributed by atoms with Gasteiger partial charge in [0.2, 0.25) is 5.95 Å². The molecule has 0 bridgehead atoms. The molecule has 0 saturated carbocycles. The van der Waals surface area contributed by atoms with Gasteiger partial charge in [-0.15, -0.1) is 0 Å². The lowest BCUT2D eigenvalue weighted by Gasteiger charge is -2.10. The zero-order valence-electron chi connectivity index (χ0n) is 16.0. The Balaban J connectivity index is 1.51. The van der Waals surface area contributed by atoms with Crippen molar-refractivity contribution in [2.24, 2.45) is 0 Å². The molecule has 0 aliphatic heterocycles. The molecule has 0 amide bonds. The van der Waals surface area contributed by atoms with E-state index in [-0.39, 0.29) is 16.4 Å². The fraction of sp³-hybridized carbons (Fsp3) is 0.0526. The maximum absolute atomic E-state index is 13.0. The van der Waals surface area contributed by atoms with E-state index in [1.165, 1.54) is 39.9 Å². The second kappa shape index (κ2) is 6.95. The quantitative estimate of drug-likeness (QED) is 0.447. The van der Waals surface area contributed by atoms with Crippen LogP contribution in [0.5, 0.6) is 0 Å². The third-order valence-electron chi connectivity index (χ3n) is 4.62. The van der Waals surface area contributed by atoms with Crippen molar-refractivity contribution >= 4 is 32.7 Å². The van der Waals surface area contributed by atoms with E-state index in [4.69, 9.17) is 0 Å². The van der Waals surface area contributed by atoms with Gasteiger partial charge in [-0.3, -0.25) is 9.36 Å². The lowest BCUT2D eigenvalue weighted by molar-refractivity contribution is 0.600. The van der Waals surface area contributed by atoms with Gasteiger partial charge in [0.25, 0.3) is 21.4 Å². The molecule has 5 rings (SSSR count). The molecule has 0 fully saturated rings. The van der Waals surface area contributed by atoms with Crippen molar-refractivity contribution in [3.05, 3.63) is 77.4 Å². The van der Waals surface area contributed by atoms with Crippen LogP contribution >= 0.6 is 0 Å². The van der Waals surface area contributed by atoms with Crippen LogP contribution in [0.2, 0.25) is 0 Å². The highest BCUT2D eigenvalue weighted by molar-refractivity contribution is 7.92. The number of sulfonamides is 1. The number of aromatic nitrogens is 7. The van der Waals surface area contributed by atoms with Gasteiger partial charge in [0.15, 0.2) is 0 Å². The predicted molar refractivity (Wildman–Crippen MR) is 111 cm³/mol. The average molecular weight is 434 g/mol. The molecule has 0 atom stereocenters. The summed E-state index contributed by atoms with van der Waals surface area (Å²) in [6.07, 6.45) is 5.87. The summed E-state index contributed by atoms with van der Waals surface area (Å²) in [5, 5.41) is 4.44. The molecule has 12 heteroatoms. The number of fused-ring (bicyclic) bond motifs is 3. The van der Waals surface area contributed by atoms with Crippen molar-refractivity contribution in [3.8, 4) is 5.69 Å². The Bertz CT molecular complexity index is 1610. The van der Waals surface area contributed by atoms with E-state index in [1.807, 2.05) is 0 Å². The third kappa shape index (κ3) is 3.28. The van der Waals surface area contributed by atoms with Gasteiger partial charge in [0.05, 0.1) is 15.8 Å². The SMILES string of the molecule is Cc1ccnc(NS(=O)(=O)c2ccc(-n3ccc4c(cnc5ncnn54)c3=O)cc2)n1. The van der Waals surface area contributed by atoms with Crippen LogP contribution in [0, 0.1) is 6.92 Å². The van der Waals surface area contributed by atoms with E-state index in [2.05, 4.69) is 29.8 Å². The Morgan fingerprint density at radius 1 is 1.00 bits per heavy atom. The first-order valence-electron chi connectivity index (χ1n) is 9.05. The molecule has 154 valence electrons. The van der Waals surface area contributed by atoms with E-state index in [1.54, 1.807) is 37.4 Å². The van der Waals surface area contributed by atoms with Gasteiger partial charge in [0, 0.05) is 30.0 Å². The molecule has 1 N–H and O–H groups in total.